The first-order valence-electron chi connectivity index (χ1n) is 18.7. The second-order valence-corrected chi connectivity index (χ2v) is 15.2. The fourth-order valence-electron chi connectivity index (χ4n) is 8.28. The van der Waals surface area contributed by atoms with Crippen molar-refractivity contribution in [2.24, 2.45) is 0 Å². The van der Waals surface area contributed by atoms with Crippen molar-refractivity contribution < 1.29 is 4.42 Å². The van der Waals surface area contributed by atoms with Gasteiger partial charge in [-0.05, 0) is 87.6 Å². The molecule has 55 heavy (non-hydrogen) atoms. The van der Waals surface area contributed by atoms with Crippen LogP contribution in [0.3, 0.4) is 0 Å². The number of para-hydroxylation sites is 2. The maximum absolute atomic E-state index is 6.55. The molecular formula is C52H33NOS. The number of anilines is 3. The van der Waals surface area contributed by atoms with Crippen LogP contribution in [0.4, 0.5) is 17.1 Å². The van der Waals surface area contributed by atoms with Crippen molar-refractivity contribution in [3.8, 4) is 33.4 Å². The van der Waals surface area contributed by atoms with Crippen molar-refractivity contribution in [2.75, 3.05) is 4.90 Å². The van der Waals surface area contributed by atoms with Gasteiger partial charge in [0.25, 0.3) is 0 Å². The summed E-state index contributed by atoms with van der Waals surface area (Å²) < 4.78 is 9.15. The molecule has 0 saturated heterocycles. The van der Waals surface area contributed by atoms with Gasteiger partial charge in [0.15, 0.2) is 0 Å². The van der Waals surface area contributed by atoms with Crippen molar-refractivity contribution in [2.45, 2.75) is 0 Å². The van der Waals surface area contributed by atoms with E-state index >= 15 is 0 Å². The number of furan rings is 1. The van der Waals surface area contributed by atoms with Gasteiger partial charge in [0.1, 0.15) is 11.2 Å². The summed E-state index contributed by atoms with van der Waals surface area (Å²) in [4.78, 5) is 2.45. The maximum Gasteiger partial charge on any atom is 0.136 e. The van der Waals surface area contributed by atoms with Crippen LogP contribution in [0.5, 0.6) is 0 Å². The minimum absolute atomic E-state index is 0.871. The van der Waals surface area contributed by atoms with Gasteiger partial charge in [-0.25, -0.2) is 0 Å². The molecule has 0 spiro atoms. The lowest BCUT2D eigenvalue weighted by Gasteiger charge is -2.30. The third-order valence-corrected chi connectivity index (χ3v) is 12.0. The van der Waals surface area contributed by atoms with Gasteiger partial charge in [-0.3, -0.25) is 0 Å². The number of rotatable bonds is 6. The van der Waals surface area contributed by atoms with Crippen LogP contribution in [-0.4, -0.2) is 0 Å². The number of hydrogen-bond donors (Lipinski definition) is 0. The minimum atomic E-state index is 0.871. The van der Waals surface area contributed by atoms with Gasteiger partial charge in [-0.1, -0.05) is 146 Å². The number of benzene rings is 9. The quantitative estimate of drug-likeness (QED) is 0.170. The summed E-state index contributed by atoms with van der Waals surface area (Å²) in [7, 11) is 0. The molecule has 0 N–H and O–H groups in total. The Morgan fingerprint density at radius 1 is 0.382 bits per heavy atom. The van der Waals surface area contributed by atoms with Crippen LogP contribution in [0.25, 0.3) is 86.3 Å². The van der Waals surface area contributed by atoms with Crippen LogP contribution in [0, 0.1) is 0 Å². The summed E-state index contributed by atoms with van der Waals surface area (Å²) in [5.74, 6) is 0. The normalized spacial score (nSPS) is 11.6. The zero-order valence-corrected chi connectivity index (χ0v) is 30.6. The summed E-state index contributed by atoms with van der Waals surface area (Å²) in [6, 6.07) is 72.3. The average Bonchev–Trinajstić information content (AvgIpc) is 3.82. The van der Waals surface area contributed by atoms with Crippen LogP contribution >= 0.6 is 11.3 Å². The molecule has 0 fully saturated rings. The molecule has 11 rings (SSSR count). The van der Waals surface area contributed by atoms with Gasteiger partial charge in [0.05, 0.1) is 11.4 Å². The molecule has 2 aromatic heterocycles. The standard InChI is InChI=1S/C52H33NOS/c1-2-12-34(13-3-1)36-24-27-40(28-25-36)53(45-19-9-6-16-41(45)38-26-29-43-42-17-8-11-21-49(42)55-50(43)33-38)46-30-31-48-52(44-18-7-10-20-47(44)54-48)51(46)39-23-22-35-14-4-5-15-37(35)32-39/h1-33H. The molecule has 0 saturated carbocycles. The predicted molar refractivity (Wildman–Crippen MR) is 235 cm³/mol. The monoisotopic (exact) mass is 719 g/mol. The molecule has 11 aromatic rings. The minimum Gasteiger partial charge on any atom is -0.456 e. The zero-order chi connectivity index (χ0) is 36.3. The second kappa shape index (κ2) is 12.9. The van der Waals surface area contributed by atoms with Crippen molar-refractivity contribution in [3.05, 3.63) is 200 Å². The van der Waals surface area contributed by atoms with Crippen molar-refractivity contribution in [1.29, 1.82) is 0 Å². The van der Waals surface area contributed by atoms with E-state index in [-0.39, 0.29) is 0 Å². The number of fused-ring (bicyclic) bond motifs is 7. The van der Waals surface area contributed by atoms with E-state index in [1.54, 1.807) is 0 Å². The summed E-state index contributed by atoms with van der Waals surface area (Å²) in [5.41, 5.74) is 12.0. The third kappa shape index (κ3) is 5.32. The highest BCUT2D eigenvalue weighted by atomic mass is 32.1. The van der Waals surface area contributed by atoms with E-state index < -0.39 is 0 Å². The predicted octanol–water partition coefficient (Wildman–Crippen LogP) is 15.6. The van der Waals surface area contributed by atoms with E-state index in [0.29, 0.717) is 0 Å². The topological polar surface area (TPSA) is 16.4 Å². The lowest BCUT2D eigenvalue weighted by atomic mass is 9.93. The highest BCUT2D eigenvalue weighted by molar-refractivity contribution is 7.25. The van der Waals surface area contributed by atoms with Crippen molar-refractivity contribution in [1.82, 2.24) is 0 Å². The first-order chi connectivity index (χ1) is 27.3. The van der Waals surface area contributed by atoms with Gasteiger partial charge in [0, 0.05) is 47.8 Å². The Morgan fingerprint density at radius 3 is 1.95 bits per heavy atom. The lowest BCUT2D eigenvalue weighted by molar-refractivity contribution is 0.669. The van der Waals surface area contributed by atoms with E-state index in [9.17, 15) is 0 Å². The highest BCUT2D eigenvalue weighted by Crippen LogP contribution is 2.50. The van der Waals surface area contributed by atoms with E-state index in [1.165, 1.54) is 47.6 Å². The molecule has 3 heteroatoms. The first-order valence-corrected chi connectivity index (χ1v) is 19.5. The molecule has 0 aliphatic rings. The Hall–Kier alpha value is -6.94. The van der Waals surface area contributed by atoms with Gasteiger partial charge in [-0.15, -0.1) is 11.3 Å². The fraction of sp³-hybridized carbons (Fsp3) is 0. The van der Waals surface area contributed by atoms with Crippen molar-refractivity contribution >= 4 is 81.3 Å². The molecule has 9 aromatic carbocycles. The van der Waals surface area contributed by atoms with E-state index in [4.69, 9.17) is 4.42 Å². The van der Waals surface area contributed by atoms with Gasteiger partial charge >= 0.3 is 0 Å². The van der Waals surface area contributed by atoms with Gasteiger partial charge in [-0.2, -0.15) is 0 Å². The molecule has 0 radical (unpaired) electrons. The number of thiophene rings is 1. The molecule has 0 unspecified atom stereocenters. The molecular weight excluding hydrogens is 687 g/mol. The Labute approximate surface area is 322 Å². The fourth-order valence-corrected chi connectivity index (χ4v) is 9.42. The molecule has 2 heterocycles. The lowest BCUT2D eigenvalue weighted by Crippen LogP contribution is -2.12. The third-order valence-electron chi connectivity index (χ3n) is 10.9. The summed E-state index contributed by atoms with van der Waals surface area (Å²) >= 11 is 1.86. The molecule has 2 nitrogen and oxygen atoms in total. The molecule has 0 aliphatic carbocycles. The molecule has 0 amide bonds. The Balaban J connectivity index is 1.20. The van der Waals surface area contributed by atoms with Gasteiger partial charge in [0.2, 0.25) is 0 Å². The largest absolute Gasteiger partial charge is 0.456 e. The highest BCUT2D eigenvalue weighted by Gasteiger charge is 2.25. The first kappa shape index (κ1) is 31.6. The van der Waals surface area contributed by atoms with Crippen LogP contribution in [0.15, 0.2) is 205 Å². The molecule has 0 atom stereocenters. The van der Waals surface area contributed by atoms with Gasteiger partial charge < -0.3 is 9.32 Å². The average molecular weight is 720 g/mol. The maximum atomic E-state index is 6.55. The van der Waals surface area contributed by atoms with Crippen molar-refractivity contribution in [3.63, 3.8) is 0 Å². The smallest absolute Gasteiger partial charge is 0.136 e. The SMILES string of the molecule is c1ccc(-c2ccc(N(c3ccccc3-c3ccc4c(c3)sc3ccccc34)c3ccc4oc5ccccc5c4c3-c3ccc4ccccc4c3)cc2)cc1. The zero-order valence-electron chi connectivity index (χ0n) is 29.8. The molecule has 0 aliphatic heterocycles. The van der Waals surface area contributed by atoms with E-state index in [0.717, 1.165) is 55.7 Å². The van der Waals surface area contributed by atoms with Crippen LogP contribution in [0.2, 0.25) is 0 Å². The second-order valence-electron chi connectivity index (χ2n) is 14.1. The summed E-state index contributed by atoms with van der Waals surface area (Å²) in [5, 5.41) is 7.23. The summed E-state index contributed by atoms with van der Waals surface area (Å²) in [6.45, 7) is 0. The van der Waals surface area contributed by atoms with Crippen LogP contribution in [-0.2, 0) is 0 Å². The van der Waals surface area contributed by atoms with E-state index in [2.05, 4.69) is 199 Å². The van der Waals surface area contributed by atoms with Crippen LogP contribution < -0.4 is 4.90 Å². The number of hydrogen-bond acceptors (Lipinski definition) is 3. The Kier molecular flexibility index (Phi) is 7.39. The van der Waals surface area contributed by atoms with E-state index in [1.807, 2.05) is 17.4 Å². The number of nitrogens with zero attached hydrogens (tertiary/aromatic N) is 1. The summed E-state index contributed by atoms with van der Waals surface area (Å²) in [6.07, 6.45) is 0. The van der Waals surface area contributed by atoms with Crippen LogP contribution in [0.1, 0.15) is 0 Å². The molecule has 258 valence electrons. The Morgan fingerprint density at radius 2 is 1.05 bits per heavy atom. The Bertz CT molecular complexity index is 3210. The molecule has 0 bridgehead atoms.